The van der Waals surface area contributed by atoms with E-state index in [4.69, 9.17) is 5.73 Å². The van der Waals surface area contributed by atoms with Crippen LogP contribution < -0.4 is 5.73 Å². The van der Waals surface area contributed by atoms with Crippen molar-refractivity contribution in [2.24, 2.45) is 5.73 Å². The first kappa shape index (κ1) is 14.2. The first-order chi connectivity index (χ1) is 9.47. The van der Waals surface area contributed by atoms with Gasteiger partial charge in [-0.05, 0) is 31.0 Å². The number of nitrogens with two attached hydrogens (primary N) is 1. The van der Waals surface area contributed by atoms with Crippen LogP contribution in [0.1, 0.15) is 23.0 Å². The van der Waals surface area contributed by atoms with Gasteiger partial charge in [0, 0.05) is 32.5 Å². The van der Waals surface area contributed by atoms with E-state index in [0.717, 1.165) is 12.0 Å². The SMILES string of the molecule is CC(N)Cc1ccc(-n2ccc(C(=O)N(C)C)n2)nc1. The van der Waals surface area contributed by atoms with Gasteiger partial charge in [0.1, 0.15) is 0 Å². The first-order valence-corrected chi connectivity index (χ1v) is 6.45. The van der Waals surface area contributed by atoms with Gasteiger partial charge in [-0.25, -0.2) is 9.67 Å². The molecular weight excluding hydrogens is 254 g/mol. The Morgan fingerprint density at radius 3 is 2.70 bits per heavy atom. The van der Waals surface area contributed by atoms with Crippen molar-refractivity contribution in [1.29, 1.82) is 0 Å². The molecule has 0 aliphatic heterocycles. The number of nitrogens with zero attached hydrogens (tertiary/aromatic N) is 4. The Bertz CT molecular complexity index is 586. The van der Waals surface area contributed by atoms with Crippen molar-refractivity contribution in [2.45, 2.75) is 19.4 Å². The van der Waals surface area contributed by atoms with E-state index >= 15 is 0 Å². The van der Waals surface area contributed by atoms with Gasteiger partial charge in [-0.1, -0.05) is 6.07 Å². The molecule has 0 aromatic carbocycles. The average Bonchev–Trinajstić information content (AvgIpc) is 2.87. The third-order valence-corrected chi connectivity index (χ3v) is 2.82. The number of aromatic nitrogens is 3. The predicted octanol–water partition coefficient (Wildman–Crippen LogP) is 0.859. The van der Waals surface area contributed by atoms with E-state index in [1.54, 1.807) is 37.2 Å². The quantitative estimate of drug-likeness (QED) is 0.896. The molecule has 0 saturated heterocycles. The number of hydrogen-bond acceptors (Lipinski definition) is 4. The van der Waals surface area contributed by atoms with Crippen LogP contribution in [0.2, 0.25) is 0 Å². The Labute approximate surface area is 118 Å². The highest BCUT2D eigenvalue weighted by Crippen LogP contribution is 2.08. The lowest BCUT2D eigenvalue weighted by molar-refractivity contribution is 0.0821. The van der Waals surface area contributed by atoms with E-state index < -0.39 is 0 Å². The molecule has 0 saturated carbocycles. The standard InChI is InChI=1S/C14H19N5O/c1-10(15)8-11-4-5-13(16-9-11)19-7-6-12(17-19)14(20)18(2)3/h4-7,9-10H,8,15H2,1-3H3. The molecule has 2 aromatic heterocycles. The van der Waals surface area contributed by atoms with Crippen LogP contribution in [0.4, 0.5) is 0 Å². The van der Waals surface area contributed by atoms with Gasteiger partial charge in [0.05, 0.1) is 0 Å². The number of amides is 1. The van der Waals surface area contributed by atoms with Crippen molar-refractivity contribution in [2.75, 3.05) is 14.1 Å². The van der Waals surface area contributed by atoms with Crippen LogP contribution in [0, 0.1) is 0 Å². The van der Waals surface area contributed by atoms with Gasteiger partial charge in [0.25, 0.3) is 5.91 Å². The van der Waals surface area contributed by atoms with Crippen molar-refractivity contribution in [3.05, 3.63) is 41.9 Å². The minimum absolute atomic E-state index is 0.108. The average molecular weight is 273 g/mol. The zero-order valence-electron chi connectivity index (χ0n) is 11.9. The van der Waals surface area contributed by atoms with Crippen LogP contribution in [0.5, 0.6) is 0 Å². The van der Waals surface area contributed by atoms with Gasteiger partial charge in [-0.2, -0.15) is 5.10 Å². The van der Waals surface area contributed by atoms with Crippen molar-refractivity contribution >= 4 is 5.91 Å². The van der Waals surface area contributed by atoms with Crippen LogP contribution in [-0.4, -0.2) is 45.7 Å². The molecule has 0 fully saturated rings. The number of rotatable bonds is 4. The maximum Gasteiger partial charge on any atom is 0.273 e. The fraction of sp³-hybridized carbons (Fsp3) is 0.357. The van der Waals surface area contributed by atoms with Gasteiger partial charge in [0.2, 0.25) is 0 Å². The van der Waals surface area contributed by atoms with Crippen LogP contribution in [0.15, 0.2) is 30.6 Å². The molecule has 0 aliphatic rings. The molecule has 0 radical (unpaired) electrons. The molecule has 6 heteroatoms. The van der Waals surface area contributed by atoms with E-state index in [-0.39, 0.29) is 11.9 Å². The Balaban J connectivity index is 2.18. The molecule has 0 bridgehead atoms. The van der Waals surface area contributed by atoms with E-state index in [1.165, 1.54) is 4.90 Å². The number of pyridine rings is 1. The molecule has 2 heterocycles. The van der Waals surface area contributed by atoms with Crippen LogP contribution >= 0.6 is 0 Å². The molecule has 0 aliphatic carbocycles. The normalized spacial score (nSPS) is 12.2. The molecule has 1 atom stereocenters. The zero-order chi connectivity index (χ0) is 14.7. The Hall–Kier alpha value is -2.21. The van der Waals surface area contributed by atoms with Crippen molar-refractivity contribution in [3.8, 4) is 5.82 Å². The van der Waals surface area contributed by atoms with Crippen molar-refractivity contribution < 1.29 is 4.79 Å². The second kappa shape index (κ2) is 5.83. The lowest BCUT2D eigenvalue weighted by Gasteiger charge is -2.07. The maximum absolute atomic E-state index is 11.8. The molecule has 106 valence electrons. The predicted molar refractivity (Wildman–Crippen MR) is 76.7 cm³/mol. The summed E-state index contributed by atoms with van der Waals surface area (Å²) in [5.41, 5.74) is 7.23. The molecule has 2 rings (SSSR count). The smallest absolute Gasteiger partial charge is 0.273 e. The monoisotopic (exact) mass is 273 g/mol. The minimum atomic E-state index is -0.127. The van der Waals surface area contributed by atoms with Crippen LogP contribution in [0.25, 0.3) is 5.82 Å². The van der Waals surface area contributed by atoms with Crippen molar-refractivity contribution in [3.63, 3.8) is 0 Å². The van der Waals surface area contributed by atoms with Gasteiger partial charge in [0.15, 0.2) is 11.5 Å². The Morgan fingerprint density at radius 1 is 1.40 bits per heavy atom. The highest BCUT2D eigenvalue weighted by Gasteiger charge is 2.12. The van der Waals surface area contributed by atoms with Gasteiger partial charge < -0.3 is 10.6 Å². The lowest BCUT2D eigenvalue weighted by atomic mass is 10.1. The number of carbonyl (C=O) groups excluding carboxylic acids is 1. The van der Waals surface area contributed by atoms with Crippen LogP contribution in [-0.2, 0) is 6.42 Å². The summed E-state index contributed by atoms with van der Waals surface area (Å²) in [6.45, 7) is 1.96. The fourth-order valence-corrected chi connectivity index (χ4v) is 1.84. The van der Waals surface area contributed by atoms with Crippen molar-refractivity contribution in [1.82, 2.24) is 19.7 Å². The van der Waals surface area contributed by atoms with E-state index in [0.29, 0.717) is 11.5 Å². The van der Waals surface area contributed by atoms with E-state index in [1.807, 2.05) is 19.1 Å². The fourth-order valence-electron chi connectivity index (χ4n) is 1.84. The molecule has 2 aromatic rings. The molecule has 0 spiro atoms. The topological polar surface area (TPSA) is 77.0 Å². The van der Waals surface area contributed by atoms with Gasteiger partial charge in [-0.15, -0.1) is 0 Å². The lowest BCUT2D eigenvalue weighted by Crippen LogP contribution is -2.22. The summed E-state index contributed by atoms with van der Waals surface area (Å²) < 4.78 is 1.59. The third kappa shape index (κ3) is 3.21. The largest absolute Gasteiger partial charge is 0.343 e. The van der Waals surface area contributed by atoms with Gasteiger partial charge >= 0.3 is 0 Å². The highest BCUT2D eigenvalue weighted by molar-refractivity contribution is 5.91. The number of carbonyl (C=O) groups is 1. The summed E-state index contributed by atoms with van der Waals surface area (Å²) >= 11 is 0. The molecular formula is C14H19N5O. The molecule has 1 unspecified atom stereocenters. The Morgan fingerprint density at radius 2 is 2.15 bits per heavy atom. The summed E-state index contributed by atoms with van der Waals surface area (Å²) in [6.07, 6.45) is 4.30. The first-order valence-electron chi connectivity index (χ1n) is 6.45. The van der Waals surface area contributed by atoms with E-state index in [2.05, 4.69) is 10.1 Å². The Kier molecular flexibility index (Phi) is 4.14. The summed E-state index contributed by atoms with van der Waals surface area (Å²) in [4.78, 5) is 17.6. The highest BCUT2D eigenvalue weighted by atomic mass is 16.2. The number of hydrogen-bond donors (Lipinski definition) is 1. The zero-order valence-corrected chi connectivity index (χ0v) is 11.9. The van der Waals surface area contributed by atoms with Gasteiger partial charge in [-0.3, -0.25) is 4.79 Å². The summed E-state index contributed by atoms with van der Waals surface area (Å²) in [5.74, 6) is 0.550. The minimum Gasteiger partial charge on any atom is -0.343 e. The second-order valence-electron chi connectivity index (χ2n) is 5.05. The summed E-state index contributed by atoms with van der Waals surface area (Å²) in [5, 5.41) is 4.23. The molecule has 2 N–H and O–H groups in total. The molecule has 6 nitrogen and oxygen atoms in total. The van der Waals surface area contributed by atoms with Crippen LogP contribution in [0.3, 0.4) is 0 Å². The maximum atomic E-state index is 11.8. The third-order valence-electron chi connectivity index (χ3n) is 2.82. The molecule has 20 heavy (non-hydrogen) atoms. The summed E-state index contributed by atoms with van der Waals surface area (Å²) in [7, 11) is 3.39. The summed E-state index contributed by atoms with van der Waals surface area (Å²) in [6, 6.07) is 5.63. The second-order valence-corrected chi connectivity index (χ2v) is 5.05. The van der Waals surface area contributed by atoms with E-state index in [9.17, 15) is 4.79 Å². The molecule has 1 amide bonds.